The molecular weight excluding hydrogens is 367 g/mol. The summed E-state index contributed by atoms with van der Waals surface area (Å²) in [4.78, 5) is 0.0606. The summed E-state index contributed by atoms with van der Waals surface area (Å²) >= 11 is 5.87. The van der Waals surface area contributed by atoms with Gasteiger partial charge in [-0.15, -0.1) is 10.2 Å². The molecule has 130 valence electrons. The van der Waals surface area contributed by atoms with Gasteiger partial charge in [0.25, 0.3) is 10.0 Å². The van der Waals surface area contributed by atoms with Crippen molar-refractivity contribution >= 4 is 27.3 Å². The van der Waals surface area contributed by atoms with Crippen molar-refractivity contribution in [1.29, 1.82) is 0 Å². The van der Waals surface area contributed by atoms with Crippen LogP contribution in [0.4, 0.5) is 10.1 Å². The zero-order valence-electron chi connectivity index (χ0n) is 13.4. The molecule has 1 aromatic heterocycles. The van der Waals surface area contributed by atoms with Gasteiger partial charge in [0.05, 0.1) is 21.2 Å². The van der Waals surface area contributed by atoms with E-state index in [0.29, 0.717) is 5.82 Å². The largest absolute Gasteiger partial charge is 0.314 e. The van der Waals surface area contributed by atoms with E-state index in [1.807, 2.05) is 0 Å². The monoisotopic (exact) mass is 380 g/mol. The Morgan fingerprint density at radius 3 is 2.40 bits per heavy atom. The molecule has 0 aliphatic carbocycles. The third-order valence-electron chi connectivity index (χ3n) is 3.71. The zero-order chi connectivity index (χ0) is 18.2. The lowest BCUT2D eigenvalue weighted by atomic mass is 10.1. The third kappa shape index (κ3) is 3.22. The summed E-state index contributed by atoms with van der Waals surface area (Å²) in [6.45, 7) is 1.70. The second kappa shape index (κ2) is 6.45. The number of hydrogen-bond donors (Lipinski definition) is 1. The first-order chi connectivity index (χ1) is 11.8. The van der Waals surface area contributed by atoms with E-state index in [1.165, 1.54) is 24.3 Å². The van der Waals surface area contributed by atoms with E-state index in [4.69, 9.17) is 11.6 Å². The van der Waals surface area contributed by atoms with Crippen molar-refractivity contribution in [3.63, 3.8) is 0 Å². The number of rotatable bonds is 4. The molecule has 0 fully saturated rings. The van der Waals surface area contributed by atoms with Crippen LogP contribution in [0.25, 0.3) is 11.4 Å². The number of aromatic nitrogens is 3. The number of anilines is 1. The Labute approximate surface area is 149 Å². The molecule has 0 bridgehead atoms. The number of hydrogen-bond acceptors (Lipinski definition) is 4. The fourth-order valence-electron chi connectivity index (χ4n) is 2.28. The predicted molar refractivity (Wildman–Crippen MR) is 93.4 cm³/mol. The lowest BCUT2D eigenvalue weighted by Crippen LogP contribution is -2.14. The molecule has 1 N–H and O–H groups in total. The summed E-state index contributed by atoms with van der Waals surface area (Å²) in [6.07, 6.45) is 0. The van der Waals surface area contributed by atoms with Gasteiger partial charge in [-0.3, -0.25) is 4.72 Å². The van der Waals surface area contributed by atoms with E-state index in [1.54, 1.807) is 36.7 Å². The highest BCUT2D eigenvalue weighted by atomic mass is 35.5. The van der Waals surface area contributed by atoms with Crippen LogP contribution in [-0.2, 0) is 17.1 Å². The second-order valence-corrected chi connectivity index (χ2v) is 7.42. The van der Waals surface area contributed by atoms with Gasteiger partial charge in [-0.2, -0.15) is 0 Å². The Balaban J connectivity index is 2.15. The van der Waals surface area contributed by atoms with Gasteiger partial charge in [-0.25, -0.2) is 12.8 Å². The van der Waals surface area contributed by atoms with Crippen molar-refractivity contribution in [1.82, 2.24) is 14.8 Å². The Bertz CT molecular complexity index is 1040. The Hall–Kier alpha value is -2.45. The van der Waals surface area contributed by atoms with E-state index in [0.717, 1.165) is 0 Å². The Morgan fingerprint density at radius 2 is 1.80 bits per heavy atom. The quantitative estimate of drug-likeness (QED) is 0.752. The van der Waals surface area contributed by atoms with E-state index < -0.39 is 15.8 Å². The summed E-state index contributed by atoms with van der Waals surface area (Å²) in [7, 11) is -2.24. The summed E-state index contributed by atoms with van der Waals surface area (Å²) < 4.78 is 43.7. The number of nitrogens with zero attached hydrogens (tertiary/aromatic N) is 3. The van der Waals surface area contributed by atoms with Gasteiger partial charge in [0, 0.05) is 7.05 Å². The number of benzene rings is 2. The van der Waals surface area contributed by atoms with Crippen LogP contribution in [0.3, 0.4) is 0 Å². The number of aryl methyl sites for hydroxylation is 1. The van der Waals surface area contributed by atoms with Crippen LogP contribution in [0.2, 0.25) is 5.02 Å². The van der Waals surface area contributed by atoms with Crippen LogP contribution in [0.15, 0.2) is 47.4 Å². The molecule has 0 saturated heterocycles. The number of halogens is 2. The normalized spacial score (nSPS) is 11.5. The summed E-state index contributed by atoms with van der Waals surface area (Å²) in [5.74, 6) is -0.0556. The van der Waals surface area contributed by atoms with Gasteiger partial charge >= 0.3 is 0 Å². The topological polar surface area (TPSA) is 76.9 Å². The maximum atomic E-state index is 14.7. The highest BCUT2D eigenvalue weighted by Gasteiger charge is 2.23. The van der Waals surface area contributed by atoms with E-state index >= 15 is 0 Å². The van der Waals surface area contributed by atoms with Crippen molar-refractivity contribution in [2.45, 2.75) is 11.8 Å². The summed E-state index contributed by atoms with van der Waals surface area (Å²) in [6, 6.07) is 10.5. The minimum Gasteiger partial charge on any atom is -0.314 e. The average Bonchev–Trinajstić information content (AvgIpc) is 2.91. The molecular formula is C16H14ClFN4O2S. The molecule has 3 rings (SSSR count). The molecule has 0 spiro atoms. The minimum atomic E-state index is -3.90. The fourth-order valence-corrected chi connectivity index (χ4v) is 3.53. The molecule has 1 heterocycles. The molecule has 0 amide bonds. The lowest BCUT2D eigenvalue weighted by molar-refractivity contribution is 0.601. The fraction of sp³-hybridized carbons (Fsp3) is 0.125. The summed E-state index contributed by atoms with van der Waals surface area (Å²) in [5.41, 5.74) is -0.0311. The molecule has 3 aromatic rings. The van der Waals surface area contributed by atoms with Gasteiger partial charge in [-0.05, 0) is 31.2 Å². The summed E-state index contributed by atoms with van der Waals surface area (Å²) in [5, 5.41) is 7.68. The zero-order valence-corrected chi connectivity index (χ0v) is 14.9. The van der Waals surface area contributed by atoms with Gasteiger partial charge in [-0.1, -0.05) is 29.8 Å². The van der Waals surface area contributed by atoms with Crippen molar-refractivity contribution in [3.8, 4) is 11.4 Å². The predicted octanol–water partition coefficient (Wildman–Crippen LogP) is 3.38. The van der Waals surface area contributed by atoms with E-state index in [2.05, 4.69) is 14.9 Å². The van der Waals surface area contributed by atoms with Gasteiger partial charge in [0.2, 0.25) is 0 Å². The van der Waals surface area contributed by atoms with Crippen LogP contribution >= 0.6 is 11.6 Å². The Kier molecular flexibility index (Phi) is 4.49. The molecule has 25 heavy (non-hydrogen) atoms. The SMILES string of the molecule is Cc1nnc(-c2c(NS(=O)(=O)c3ccccc3)ccc(Cl)c2F)n1C. The van der Waals surface area contributed by atoms with Crippen molar-refractivity contribution < 1.29 is 12.8 Å². The number of sulfonamides is 1. The van der Waals surface area contributed by atoms with Crippen molar-refractivity contribution in [2.24, 2.45) is 7.05 Å². The van der Waals surface area contributed by atoms with Gasteiger partial charge in [0.15, 0.2) is 11.6 Å². The van der Waals surface area contributed by atoms with Crippen LogP contribution < -0.4 is 4.72 Å². The molecule has 2 aromatic carbocycles. The molecule has 0 radical (unpaired) electrons. The highest BCUT2D eigenvalue weighted by molar-refractivity contribution is 7.92. The molecule has 9 heteroatoms. The third-order valence-corrected chi connectivity index (χ3v) is 5.38. The smallest absolute Gasteiger partial charge is 0.261 e. The first-order valence-corrected chi connectivity index (χ1v) is 9.09. The molecule has 0 unspecified atom stereocenters. The first-order valence-electron chi connectivity index (χ1n) is 7.23. The van der Waals surface area contributed by atoms with Crippen LogP contribution in [0.1, 0.15) is 5.82 Å². The first kappa shape index (κ1) is 17.4. The molecule has 0 atom stereocenters. The molecule has 6 nitrogen and oxygen atoms in total. The second-order valence-electron chi connectivity index (χ2n) is 5.33. The van der Waals surface area contributed by atoms with Gasteiger partial charge < -0.3 is 4.57 Å². The average molecular weight is 381 g/mol. The number of nitrogens with one attached hydrogen (secondary N) is 1. The molecule has 0 aliphatic heterocycles. The minimum absolute atomic E-state index is 0.0289. The van der Waals surface area contributed by atoms with Gasteiger partial charge in [0.1, 0.15) is 5.82 Å². The van der Waals surface area contributed by atoms with Crippen LogP contribution in [0.5, 0.6) is 0 Å². The van der Waals surface area contributed by atoms with E-state index in [-0.39, 0.29) is 27.0 Å². The Morgan fingerprint density at radius 1 is 1.12 bits per heavy atom. The molecule has 0 aliphatic rings. The maximum Gasteiger partial charge on any atom is 0.261 e. The molecule has 0 saturated carbocycles. The van der Waals surface area contributed by atoms with Crippen LogP contribution in [-0.4, -0.2) is 23.2 Å². The highest BCUT2D eigenvalue weighted by Crippen LogP contribution is 2.34. The standard InChI is InChI=1S/C16H14ClFN4O2S/c1-10-19-20-16(22(10)2)14-13(9-8-12(17)15(14)18)21-25(23,24)11-6-4-3-5-7-11/h3-9,21H,1-2H3. The maximum absolute atomic E-state index is 14.7. The lowest BCUT2D eigenvalue weighted by Gasteiger charge is -2.14. The van der Waals surface area contributed by atoms with E-state index in [9.17, 15) is 12.8 Å². The van der Waals surface area contributed by atoms with Crippen molar-refractivity contribution in [2.75, 3.05) is 4.72 Å². The van der Waals surface area contributed by atoms with Crippen molar-refractivity contribution in [3.05, 3.63) is 59.1 Å². The van der Waals surface area contributed by atoms with Crippen LogP contribution in [0, 0.1) is 12.7 Å².